The molecule has 2 aromatic rings. The molecule has 2 rings (SSSR count). The zero-order valence-corrected chi connectivity index (χ0v) is 10.4. The highest BCUT2D eigenvalue weighted by Gasteiger charge is 2.14. The standard InChI is InChI=1S/C12H13NO3S/c1-15-9-3-8(5-13-6-9)12(14)11-4-10(16-2)7-17-11/h3-7,12,14H,1-2H3. The van der Waals surface area contributed by atoms with E-state index in [1.807, 2.05) is 11.4 Å². The number of hydrogen-bond acceptors (Lipinski definition) is 5. The Morgan fingerprint density at radius 3 is 2.59 bits per heavy atom. The van der Waals surface area contributed by atoms with Crippen LogP contribution in [0.4, 0.5) is 0 Å². The van der Waals surface area contributed by atoms with E-state index in [0.717, 1.165) is 10.6 Å². The Kier molecular flexibility index (Phi) is 3.61. The third-order valence-corrected chi connectivity index (χ3v) is 3.35. The zero-order chi connectivity index (χ0) is 12.3. The first-order chi connectivity index (χ1) is 8.24. The molecule has 1 atom stereocenters. The number of rotatable bonds is 4. The van der Waals surface area contributed by atoms with E-state index < -0.39 is 6.10 Å². The summed E-state index contributed by atoms with van der Waals surface area (Å²) in [4.78, 5) is 4.83. The van der Waals surface area contributed by atoms with Gasteiger partial charge in [0.15, 0.2) is 0 Å². The zero-order valence-electron chi connectivity index (χ0n) is 9.58. The Bertz CT molecular complexity index is 498. The van der Waals surface area contributed by atoms with Crippen LogP contribution >= 0.6 is 11.3 Å². The molecule has 90 valence electrons. The van der Waals surface area contributed by atoms with Crippen LogP contribution in [-0.4, -0.2) is 24.3 Å². The van der Waals surface area contributed by atoms with Crippen molar-refractivity contribution in [3.05, 3.63) is 40.3 Å². The smallest absolute Gasteiger partial charge is 0.137 e. The van der Waals surface area contributed by atoms with Gasteiger partial charge in [0, 0.05) is 22.0 Å². The lowest BCUT2D eigenvalue weighted by atomic mass is 10.1. The van der Waals surface area contributed by atoms with Crippen LogP contribution in [0.15, 0.2) is 29.9 Å². The maximum atomic E-state index is 10.2. The Morgan fingerprint density at radius 2 is 1.94 bits per heavy atom. The van der Waals surface area contributed by atoms with Gasteiger partial charge in [-0.25, -0.2) is 0 Å². The molecule has 0 aliphatic rings. The Hall–Kier alpha value is -1.59. The second kappa shape index (κ2) is 5.16. The van der Waals surface area contributed by atoms with Crippen LogP contribution < -0.4 is 9.47 Å². The van der Waals surface area contributed by atoms with Crippen LogP contribution in [-0.2, 0) is 0 Å². The molecule has 0 fully saturated rings. The molecule has 0 aliphatic heterocycles. The third kappa shape index (κ3) is 2.57. The van der Waals surface area contributed by atoms with Crippen LogP contribution in [0.25, 0.3) is 0 Å². The second-order valence-electron chi connectivity index (χ2n) is 3.45. The number of hydrogen-bond donors (Lipinski definition) is 1. The fourth-order valence-corrected chi connectivity index (χ4v) is 2.31. The van der Waals surface area contributed by atoms with Crippen LogP contribution in [0.1, 0.15) is 16.5 Å². The van der Waals surface area contributed by atoms with E-state index in [9.17, 15) is 5.11 Å². The average molecular weight is 251 g/mol. The van der Waals surface area contributed by atoms with Crippen molar-refractivity contribution in [3.63, 3.8) is 0 Å². The van der Waals surface area contributed by atoms with Crippen LogP contribution in [0.5, 0.6) is 11.5 Å². The van der Waals surface area contributed by atoms with Gasteiger partial charge in [-0.2, -0.15) is 0 Å². The van der Waals surface area contributed by atoms with E-state index in [1.54, 1.807) is 32.7 Å². The topological polar surface area (TPSA) is 51.6 Å². The van der Waals surface area contributed by atoms with Gasteiger partial charge in [-0.3, -0.25) is 4.98 Å². The molecule has 5 heteroatoms. The average Bonchev–Trinajstić information content (AvgIpc) is 2.86. The number of aliphatic hydroxyl groups excluding tert-OH is 1. The highest BCUT2D eigenvalue weighted by Crippen LogP contribution is 2.31. The summed E-state index contributed by atoms with van der Waals surface area (Å²) in [5.41, 5.74) is 0.703. The number of aromatic nitrogens is 1. The summed E-state index contributed by atoms with van der Waals surface area (Å²) in [5.74, 6) is 1.38. The van der Waals surface area contributed by atoms with Crippen molar-refractivity contribution in [1.82, 2.24) is 4.98 Å². The first kappa shape index (κ1) is 11.9. The van der Waals surface area contributed by atoms with Crippen LogP contribution in [0.2, 0.25) is 0 Å². The molecule has 0 amide bonds. The molecule has 0 aliphatic carbocycles. The number of nitrogens with zero attached hydrogens (tertiary/aromatic N) is 1. The van der Waals surface area contributed by atoms with Gasteiger partial charge in [0.1, 0.15) is 17.6 Å². The van der Waals surface area contributed by atoms with Gasteiger partial charge in [0.25, 0.3) is 0 Å². The summed E-state index contributed by atoms with van der Waals surface area (Å²) in [6.45, 7) is 0. The van der Waals surface area contributed by atoms with Gasteiger partial charge >= 0.3 is 0 Å². The minimum atomic E-state index is -0.702. The number of ether oxygens (including phenoxy) is 2. The molecule has 0 radical (unpaired) electrons. The van der Waals surface area contributed by atoms with Gasteiger partial charge in [0.05, 0.1) is 20.4 Å². The van der Waals surface area contributed by atoms with E-state index in [1.165, 1.54) is 11.3 Å². The number of thiophene rings is 1. The molecule has 0 aromatic carbocycles. The van der Waals surface area contributed by atoms with Crippen molar-refractivity contribution in [2.45, 2.75) is 6.10 Å². The van der Waals surface area contributed by atoms with Gasteiger partial charge in [-0.15, -0.1) is 11.3 Å². The summed E-state index contributed by atoms with van der Waals surface area (Å²) in [7, 11) is 3.17. The Morgan fingerprint density at radius 1 is 1.18 bits per heavy atom. The molecular weight excluding hydrogens is 238 g/mol. The van der Waals surface area contributed by atoms with Crippen molar-refractivity contribution in [2.24, 2.45) is 0 Å². The predicted octanol–water partition coefficient (Wildman–Crippen LogP) is 2.24. The molecule has 0 saturated carbocycles. The lowest BCUT2D eigenvalue weighted by Gasteiger charge is -2.09. The Balaban J connectivity index is 2.26. The van der Waals surface area contributed by atoms with Crippen molar-refractivity contribution < 1.29 is 14.6 Å². The third-order valence-electron chi connectivity index (χ3n) is 2.39. The minimum absolute atomic E-state index is 0.630. The van der Waals surface area contributed by atoms with E-state index in [2.05, 4.69) is 4.98 Å². The largest absolute Gasteiger partial charge is 0.496 e. The molecular formula is C12H13NO3S. The first-order valence-corrected chi connectivity index (χ1v) is 5.92. The summed E-state index contributed by atoms with van der Waals surface area (Å²) >= 11 is 1.45. The molecule has 1 N–H and O–H groups in total. The molecule has 4 nitrogen and oxygen atoms in total. The lowest BCUT2D eigenvalue weighted by Crippen LogP contribution is -1.98. The maximum absolute atomic E-state index is 10.2. The second-order valence-corrected chi connectivity index (χ2v) is 4.39. The maximum Gasteiger partial charge on any atom is 0.137 e. The van der Waals surface area contributed by atoms with E-state index in [4.69, 9.17) is 9.47 Å². The number of pyridine rings is 1. The van der Waals surface area contributed by atoms with Gasteiger partial charge in [0.2, 0.25) is 0 Å². The molecule has 0 spiro atoms. The summed E-state index contributed by atoms with van der Waals surface area (Å²) in [6, 6.07) is 3.58. The number of methoxy groups -OCH3 is 2. The van der Waals surface area contributed by atoms with Gasteiger partial charge in [-0.1, -0.05) is 0 Å². The fraction of sp³-hybridized carbons (Fsp3) is 0.250. The molecule has 1 unspecified atom stereocenters. The molecule has 0 saturated heterocycles. The minimum Gasteiger partial charge on any atom is -0.496 e. The van der Waals surface area contributed by atoms with E-state index in [-0.39, 0.29) is 0 Å². The summed E-state index contributed by atoms with van der Waals surface area (Å²) < 4.78 is 10.2. The van der Waals surface area contributed by atoms with Gasteiger partial charge in [-0.05, 0) is 12.1 Å². The normalized spacial score (nSPS) is 12.2. The molecule has 17 heavy (non-hydrogen) atoms. The van der Waals surface area contributed by atoms with Crippen molar-refractivity contribution in [3.8, 4) is 11.5 Å². The number of aliphatic hydroxyl groups is 1. The van der Waals surface area contributed by atoms with Crippen LogP contribution in [0, 0.1) is 0 Å². The quantitative estimate of drug-likeness (QED) is 0.905. The SMILES string of the molecule is COc1cncc(C(O)c2cc(OC)cs2)c1. The lowest BCUT2D eigenvalue weighted by molar-refractivity contribution is 0.223. The fourth-order valence-electron chi connectivity index (χ4n) is 1.45. The summed E-state index contributed by atoms with van der Waals surface area (Å²) in [6.07, 6.45) is 2.52. The Labute approximate surface area is 103 Å². The van der Waals surface area contributed by atoms with Crippen molar-refractivity contribution in [2.75, 3.05) is 14.2 Å². The van der Waals surface area contributed by atoms with Gasteiger partial charge < -0.3 is 14.6 Å². The van der Waals surface area contributed by atoms with Crippen LogP contribution in [0.3, 0.4) is 0 Å². The highest BCUT2D eigenvalue weighted by atomic mass is 32.1. The monoisotopic (exact) mass is 251 g/mol. The predicted molar refractivity (Wildman–Crippen MR) is 65.7 cm³/mol. The molecule has 2 aromatic heterocycles. The van der Waals surface area contributed by atoms with Crippen molar-refractivity contribution >= 4 is 11.3 Å². The highest BCUT2D eigenvalue weighted by molar-refractivity contribution is 7.10. The molecule has 2 heterocycles. The van der Waals surface area contributed by atoms with E-state index in [0.29, 0.717) is 11.3 Å². The van der Waals surface area contributed by atoms with Crippen molar-refractivity contribution in [1.29, 1.82) is 0 Å². The first-order valence-electron chi connectivity index (χ1n) is 5.04. The van der Waals surface area contributed by atoms with E-state index >= 15 is 0 Å². The summed E-state index contributed by atoms with van der Waals surface area (Å²) in [5, 5.41) is 12.0. The molecule has 0 bridgehead atoms.